The van der Waals surface area contributed by atoms with E-state index in [0.29, 0.717) is 42.2 Å². The molecule has 0 aliphatic carbocycles. The number of phenolic OH excluding ortho intramolecular Hbond substituents is 1. The Kier molecular flexibility index (Phi) is 4.69. The van der Waals surface area contributed by atoms with Crippen LogP contribution in [-0.2, 0) is 6.18 Å². The standard InChI is InChI=1S/C23H19F3N4O2/c24-23(25,26)16-3-1-2-15(10-16)18-11-21-28-27-13-30(21)20-8-9-29(12-19(18)20)22(32)14-4-6-17(31)7-5-14/h1-7,10-11,27,31H,8-9,12-13H2. The van der Waals surface area contributed by atoms with E-state index < -0.39 is 11.7 Å². The molecule has 164 valence electrons. The summed E-state index contributed by atoms with van der Waals surface area (Å²) in [4.78, 5) is 16.7. The van der Waals surface area contributed by atoms with Gasteiger partial charge in [0.1, 0.15) is 12.4 Å². The molecule has 0 saturated heterocycles. The lowest BCUT2D eigenvalue weighted by molar-refractivity contribution is -0.137. The highest BCUT2D eigenvalue weighted by atomic mass is 19.4. The molecule has 3 aliphatic heterocycles. The molecule has 3 aliphatic rings. The van der Waals surface area contributed by atoms with E-state index >= 15 is 0 Å². The largest absolute Gasteiger partial charge is 0.508 e. The summed E-state index contributed by atoms with van der Waals surface area (Å²) in [7, 11) is 0. The highest BCUT2D eigenvalue weighted by Gasteiger charge is 2.36. The predicted molar refractivity (Wildman–Crippen MR) is 112 cm³/mol. The number of carbonyl (C=O) groups is 1. The number of hydrogen-bond donors (Lipinski definition) is 2. The van der Waals surface area contributed by atoms with Gasteiger partial charge in [0, 0.05) is 30.8 Å². The van der Waals surface area contributed by atoms with Crippen molar-refractivity contribution in [3.05, 3.63) is 82.6 Å². The number of hydrogen-bond acceptors (Lipinski definition) is 5. The van der Waals surface area contributed by atoms with E-state index in [1.807, 2.05) is 4.90 Å². The van der Waals surface area contributed by atoms with Gasteiger partial charge >= 0.3 is 6.18 Å². The third-order valence-corrected chi connectivity index (χ3v) is 5.84. The van der Waals surface area contributed by atoms with E-state index in [1.165, 1.54) is 18.2 Å². The number of aromatic hydroxyl groups is 1. The van der Waals surface area contributed by atoms with Crippen LogP contribution in [0, 0.1) is 0 Å². The Morgan fingerprint density at radius 1 is 1.12 bits per heavy atom. The van der Waals surface area contributed by atoms with Crippen LogP contribution in [0.1, 0.15) is 27.9 Å². The zero-order valence-corrected chi connectivity index (χ0v) is 16.9. The summed E-state index contributed by atoms with van der Waals surface area (Å²) < 4.78 is 40.0. The Bertz CT molecular complexity index is 1180. The maximum atomic E-state index is 13.3. The molecule has 0 radical (unpaired) electrons. The minimum atomic E-state index is -4.45. The zero-order chi connectivity index (χ0) is 22.5. The smallest absolute Gasteiger partial charge is 0.416 e. The van der Waals surface area contributed by atoms with Crippen molar-refractivity contribution < 1.29 is 23.1 Å². The number of nitrogens with zero attached hydrogens (tertiary/aromatic N) is 3. The first-order chi connectivity index (χ1) is 15.3. The lowest BCUT2D eigenvalue weighted by Gasteiger charge is -2.38. The summed E-state index contributed by atoms with van der Waals surface area (Å²) >= 11 is 0. The number of hydrazone groups is 1. The van der Waals surface area contributed by atoms with Gasteiger partial charge in [0.15, 0.2) is 5.84 Å². The second kappa shape index (κ2) is 7.44. The van der Waals surface area contributed by atoms with Gasteiger partial charge in [-0.3, -0.25) is 10.2 Å². The van der Waals surface area contributed by atoms with Crippen molar-refractivity contribution in [1.82, 2.24) is 15.2 Å². The van der Waals surface area contributed by atoms with Crippen LogP contribution in [0.3, 0.4) is 0 Å². The van der Waals surface area contributed by atoms with E-state index in [4.69, 9.17) is 0 Å². The maximum absolute atomic E-state index is 13.3. The number of fused-ring (bicyclic) bond motifs is 2. The van der Waals surface area contributed by atoms with E-state index in [0.717, 1.165) is 23.4 Å². The number of alkyl halides is 3. The summed E-state index contributed by atoms with van der Waals surface area (Å²) in [6, 6.07) is 11.2. The number of rotatable bonds is 2. The Morgan fingerprint density at radius 2 is 1.91 bits per heavy atom. The third-order valence-electron chi connectivity index (χ3n) is 5.84. The Morgan fingerprint density at radius 3 is 2.66 bits per heavy atom. The van der Waals surface area contributed by atoms with Crippen LogP contribution in [0.5, 0.6) is 5.75 Å². The first kappa shape index (κ1) is 20.2. The third kappa shape index (κ3) is 3.49. The minimum absolute atomic E-state index is 0.0700. The number of halogens is 3. The van der Waals surface area contributed by atoms with E-state index in [9.17, 15) is 23.1 Å². The van der Waals surface area contributed by atoms with Crippen molar-refractivity contribution in [2.45, 2.75) is 12.6 Å². The minimum Gasteiger partial charge on any atom is -0.508 e. The molecule has 32 heavy (non-hydrogen) atoms. The summed E-state index contributed by atoms with van der Waals surface area (Å²) in [6.45, 7) is 1.21. The Hall–Kier alpha value is -3.75. The van der Waals surface area contributed by atoms with Crippen molar-refractivity contribution in [3.8, 4) is 5.75 Å². The van der Waals surface area contributed by atoms with E-state index in [-0.39, 0.29) is 18.2 Å². The van der Waals surface area contributed by atoms with Crippen molar-refractivity contribution in [2.75, 3.05) is 19.8 Å². The van der Waals surface area contributed by atoms with Crippen LogP contribution in [0.15, 0.2) is 71.0 Å². The van der Waals surface area contributed by atoms with Gasteiger partial charge in [-0.2, -0.15) is 18.3 Å². The van der Waals surface area contributed by atoms with Crippen molar-refractivity contribution >= 4 is 17.3 Å². The van der Waals surface area contributed by atoms with E-state index in [2.05, 4.69) is 10.5 Å². The second-order valence-electron chi connectivity index (χ2n) is 7.80. The fourth-order valence-electron chi connectivity index (χ4n) is 4.26. The first-order valence-corrected chi connectivity index (χ1v) is 10.1. The Balaban J connectivity index is 1.52. The van der Waals surface area contributed by atoms with Crippen LogP contribution >= 0.6 is 0 Å². The summed E-state index contributed by atoms with van der Waals surface area (Å²) in [5.74, 6) is 0.522. The number of amidine groups is 1. The van der Waals surface area contributed by atoms with Crippen LogP contribution in [-0.4, -0.2) is 46.4 Å². The number of amides is 1. The first-order valence-electron chi connectivity index (χ1n) is 10.1. The molecule has 6 nitrogen and oxygen atoms in total. The summed E-state index contributed by atoms with van der Waals surface area (Å²) in [6.07, 6.45) is -2.13. The van der Waals surface area contributed by atoms with Gasteiger partial charge in [-0.25, -0.2) is 0 Å². The monoisotopic (exact) mass is 440 g/mol. The molecular weight excluding hydrogens is 421 g/mol. The normalized spacial score (nSPS) is 18.0. The highest BCUT2D eigenvalue weighted by Crippen LogP contribution is 2.39. The van der Waals surface area contributed by atoms with Crippen LogP contribution in [0.25, 0.3) is 5.57 Å². The molecule has 0 aromatic heterocycles. The molecule has 1 amide bonds. The molecule has 9 heteroatoms. The fraction of sp³-hybridized carbons (Fsp3) is 0.217. The van der Waals surface area contributed by atoms with Gasteiger partial charge in [0.2, 0.25) is 0 Å². The molecule has 0 unspecified atom stereocenters. The fourth-order valence-corrected chi connectivity index (χ4v) is 4.26. The average molecular weight is 440 g/mol. The molecule has 2 aromatic rings. The number of carbonyl (C=O) groups excluding carboxylic acids is 1. The maximum Gasteiger partial charge on any atom is 0.416 e. The van der Waals surface area contributed by atoms with Gasteiger partial charge in [-0.1, -0.05) is 12.1 Å². The molecule has 2 aromatic carbocycles. The number of nitrogens with one attached hydrogen (secondary N) is 1. The van der Waals surface area contributed by atoms with Gasteiger partial charge in [-0.05, 0) is 59.2 Å². The average Bonchev–Trinajstić information content (AvgIpc) is 3.27. The summed E-state index contributed by atoms with van der Waals surface area (Å²) in [5, 5.41) is 13.7. The Labute approximate surface area is 181 Å². The molecule has 0 bridgehead atoms. The molecule has 0 saturated carbocycles. The SMILES string of the molecule is O=C(c1ccc(O)cc1)N1CCC2=C(C1)C(c1cccc(C(F)(F)F)c1)=CC1=NNCN12. The lowest BCUT2D eigenvalue weighted by Crippen LogP contribution is -2.43. The molecule has 5 rings (SSSR count). The molecule has 0 spiro atoms. The zero-order valence-electron chi connectivity index (χ0n) is 16.9. The molecular formula is C23H19F3N4O2. The predicted octanol–water partition coefficient (Wildman–Crippen LogP) is 3.78. The topological polar surface area (TPSA) is 68.2 Å². The number of benzene rings is 2. The highest BCUT2D eigenvalue weighted by molar-refractivity contribution is 6.07. The van der Waals surface area contributed by atoms with Crippen molar-refractivity contribution in [1.29, 1.82) is 0 Å². The van der Waals surface area contributed by atoms with Gasteiger partial charge in [0.05, 0.1) is 5.56 Å². The molecule has 0 atom stereocenters. The quantitative estimate of drug-likeness (QED) is 0.746. The van der Waals surface area contributed by atoms with Gasteiger partial charge in [0.25, 0.3) is 5.91 Å². The molecule has 0 fully saturated rings. The van der Waals surface area contributed by atoms with Crippen LogP contribution in [0.2, 0.25) is 0 Å². The lowest BCUT2D eigenvalue weighted by atomic mass is 9.88. The van der Waals surface area contributed by atoms with Crippen molar-refractivity contribution in [2.24, 2.45) is 5.10 Å². The van der Waals surface area contributed by atoms with Crippen LogP contribution < -0.4 is 5.43 Å². The molecule has 2 N–H and O–H groups in total. The van der Waals surface area contributed by atoms with Gasteiger partial charge in [-0.15, -0.1) is 0 Å². The summed E-state index contributed by atoms with van der Waals surface area (Å²) in [5.41, 5.74) is 5.47. The number of phenols is 1. The van der Waals surface area contributed by atoms with E-state index in [1.54, 1.807) is 29.2 Å². The molecule has 3 heterocycles. The second-order valence-corrected chi connectivity index (χ2v) is 7.80. The van der Waals surface area contributed by atoms with Crippen molar-refractivity contribution in [3.63, 3.8) is 0 Å². The van der Waals surface area contributed by atoms with Gasteiger partial charge < -0.3 is 14.9 Å². The van der Waals surface area contributed by atoms with Crippen LogP contribution in [0.4, 0.5) is 13.2 Å².